The number of hydrogen-bond donors (Lipinski definition) is 0. The number of ether oxygens (including phenoxy) is 2. The molecular formula is C22H16F4O2. The molecule has 1 fully saturated rings. The predicted octanol–water partition coefficient (Wildman–Crippen LogP) is 6.01. The maximum Gasteiger partial charge on any atom is 0.194 e. The molecule has 0 aliphatic carbocycles. The summed E-state index contributed by atoms with van der Waals surface area (Å²) in [6.45, 7) is 1.29. The second-order valence-electron chi connectivity index (χ2n) is 6.50. The lowest BCUT2D eigenvalue weighted by molar-refractivity contribution is -0.183. The van der Waals surface area contributed by atoms with Gasteiger partial charge in [0.25, 0.3) is 0 Å². The minimum atomic E-state index is -1.58. The van der Waals surface area contributed by atoms with Crippen molar-refractivity contribution >= 4 is 0 Å². The predicted molar refractivity (Wildman–Crippen MR) is 96.4 cm³/mol. The summed E-state index contributed by atoms with van der Waals surface area (Å²) in [5.74, 6) is -4.96. The third-order valence-corrected chi connectivity index (χ3v) is 4.61. The van der Waals surface area contributed by atoms with Crippen molar-refractivity contribution in [3.05, 3.63) is 83.4 Å². The first-order chi connectivity index (χ1) is 13.5. The zero-order valence-electron chi connectivity index (χ0n) is 14.7. The molecule has 6 heteroatoms. The molecule has 0 bridgehead atoms. The lowest BCUT2D eigenvalue weighted by Gasteiger charge is -2.23. The molecule has 0 aromatic heterocycles. The number of hydrogen-bond acceptors (Lipinski definition) is 2. The van der Waals surface area contributed by atoms with E-state index in [1.165, 1.54) is 12.1 Å². The van der Waals surface area contributed by atoms with Crippen molar-refractivity contribution in [1.29, 1.82) is 0 Å². The summed E-state index contributed by atoms with van der Waals surface area (Å²) in [4.78, 5) is 0. The van der Waals surface area contributed by atoms with Crippen molar-refractivity contribution in [3.63, 3.8) is 0 Å². The summed E-state index contributed by atoms with van der Waals surface area (Å²) < 4.78 is 65.7. The van der Waals surface area contributed by atoms with Crippen LogP contribution in [0.2, 0.25) is 0 Å². The van der Waals surface area contributed by atoms with Crippen LogP contribution in [0.3, 0.4) is 0 Å². The summed E-state index contributed by atoms with van der Waals surface area (Å²) >= 11 is 0. The van der Waals surface area contributed by atoms with Crippen LogP contribution in [0.25, 0.3) is 22.3 Å². The zero-order chi connectivity index (χ0) is 19.7. The molecule has 0 atom stereocenters. The van der Waals surface area contributed by atoms with Gasteiger partial charge < -0.3 is 9.47 Å². The Bertz CT molecular complexity index is 973. The largest absolute Gasteiger partial charge is 0.348 e. The van der Waals surface area contributed by atoms with Crippen LogP contribution in [0.5, 0.6) is 0 Å². The summed E-state index contributed by atoms with van der Waals surface area (Å²) in [7, 11) is 0. The third-order valence-electron chi connectivity index (χ3n) is 4.61. The lowest BCUT2D eigenvalue weighted by Crippen LogP contribution is -2.17. The molecule has 1 saturated heterocycles. The lowest BCUT2D eigenvalue weighted by atomic mass is 9.98. The maximum absolute atomic E-state index is 14.6. The van der Waals surface area contributed by atoms with Crippen LogP contribution in [0, 0.1) is 23.3 Å². The van der Waals surface area contributed by atoms with Crippen molar-refractivity contribution in [1.82, 2.24) is 0 Å². The van der Waals surface area contributed by atoms with Crippen LogP contribution in [0.4, 0.5) is 17.6 Å². The molecule has 0 saturated carbocycles. The standard InChI is InChI=1S/C22H16F4O2/c23-18-10-15(6-7-17(18)16-11-19(24)21(26)20(25)12-16)13-2-4-14(5-3-13)22-27-8-1-9-28-22/h2-7,10-12,22H,1,8-9H2. The van der Waals surface area contributed by atoms with E-state index in [-0.39, 0.29) is 11.1 Å². The Morgan fingerprint density at radius 1 is 0.643 bits per heavy atom. The molecule has 0 radical (unpaired) electrons. The molecule has 28 heavy (non-hydrogen) atoms. The van der Waals surface area contributed by atoms with Gasteiger partial charge in [0.15, 0.2) is 23.7 Å². The van der Waals surface area contributed by atoms with Gasteiger partial charge in [-0.25, -0.2) is 17.6 Å². The van der Waals surface area contributed by atoms with Gasteiger partial charge in [0.05, 0.1) is 13.2 Å². The Kier molecular flexibility index (Phi) is 5.15. The van der Waals surface area contributed by atoms with Gasteiger partial charge >= 0.3 is 0 Å². The van der Waals surface area contributed by atoms with Crippen molar-refractivity contribution in [2.45, 2.75) is 12.7 Å². The molecule has 4 rings (SSSR count). The molecule has 0 N–H and O–H groups in total. The van der Waals surface area contributed by atoms with Crippen molar-refractivity contribution in [2.24, 2.45) is 0 Å². The van der Waals surface area contributed by atoms with Gasteiger partial charge in [0, 0.05) is 11.1 Å². The molecule has 1 heterocycles. The van der Waals surface area contributed by atoms with Gasteiger partial charge in [0.1, 0.15) is 5.82 Å². The molecule has 0 amide bonds. The zero-order valence-corrected chi connectivity index (χ0v) is 14.7. The monoisotopic (exact) mass is 388 g/mol. The SMILES string of the molecule is Fc1cc(-c2ccc(C3OCCCO3)cc2)ccc1-c1cc(F)c(F)c(F)c1. The maximum atomic E-state index is 14.6. The van der Waals surface area contributed by atoms with Crippen molar-refractivity contribution in [2.75, 3.05) is 13.2 Å². The number of rotatable bonds is 3. The summed E-state index contributed by atoms with van der Waals surface area (Å²) in [6, 6.07) is 13.2. The molecule has 3 aromatic carbocycles. The summed E-state index contributed by atoms with van der Waals surface area (Å²) in [5, 5.41) is 0. The fourth-order valence-corrected chi connectivity index (χ4v) is 3.15. The fraction of sp³-hybridized carbons (Fsp3) is 0.182. The van der Waals surface area contributed by atoms with E-state index in [2.05, 4.69) is 0 Å². The van der Waals surface area contributed by atoms with E-state index in [1.54, 1.807) is 6.07 Å². The van der Waals surface area contributed by atoms with Crippen LogP contribution in [0.15, 0.2) is 54.6 Å². The number of benzene rings is 3. The molecule has 1 aliphatic heterocycles. The van der Waals surface area contributed by atoms with Crippen molar-refractivity contribution < 1.29 is 27.0 Å². The minimum Gasteiger partial charge on any atom is -0.348 e. The van der Waals surface area contributed by atoms with E-state index in [0.29, 0.717) is 18.8 Å². The molecule has 1 aliphatic rings. The fourth-order valence-electron chi connectivity index (χ4n) is 3.15. The van der Waals surface area contributed by atoms with E-state index in [4.69, 9.17) is 9.47 Å². The molecule has 144 valence electrons. The smallest absolute Gasteiger partial charge is 0.194 e. The second-order valence-corrected chi connectivity index (χ2v) is 6.50. The average molecular weight is 388 g/mol. The van der Waals surface area contributed by atoms with Crippen molar-refractivity contribution in [3.8, 4) is 22.3 Å². The highest BCUT2D eigenvalue weighted by Crippen LogP contribution is 2.31. The minimum absolute atomic E-state index is 0.0119. The average Bonchev–Trinajstić information content (AvgIpc) is 2.72. The first-order valence-electron chi connectivity index (χ1n) is 8.81. The van der Waals surface area contributed by atoms with Gasteiger partial charge in [-0.3, -0.25) is 0 Å². The van der Waals surface area contributed by atoms with Gasteiger partial charge in [-0.15, -0.1) is 0 Å². The third kappa shape index (κ3) is 3.66. The van der Waals surface area contributed by atoms with Gasteiger partial charge in [-0.05, 0) is 41.3 Å². The highest BCUT2D eigenvalue weighted by molar-refractivity contribution is 5.71. The normalized spacial score (nSPS) is 15.0. The Hall–Kier alpha value is -2.70. The van der Waals surface area contributed by atoms with E-state index in [1.807, 2.05) is 24.3 Å². The van der Waals surface area contributed by atoms with E-state index < -0.39 is 29.6 Å². The highest BCUT2D eigenvalue weighted by Gasteiger charge is 2.17. The summed E-state index contributed by atoms with van der Waals surface area (Å²) in [5.41, 5.74) is 2.16. The van der Waals surface area contributed by atoms with Crippen LogP contribution in [-0.2, 0) is 9.47 Å². The Morgan fingerprint density at radius 2 is 1.21 bits per heavy atom. The highest BCUT2D eigenvalue weighted by atomic mass is 19.2. The second kappa shape index (κ2) is 7.73. The first kappa shape index (κ1) is 18.7. The molecule has 0 unspecified atom stereocenters. The quantitative estimate of drug-likeness (QED) is 0.404. The number of halogens is 4. The molecule has 0 spiro atoms. The Balaban J connectivity index is 1.61. The summed E-state index contributed by atoms with van der Waals surface area (Å²) in [6.07, 6.45) is 0.465. The van der Waals surface area contributed by atoms with Crippen LogP contribution in [0.1, 0.15) is 18.3 Å². The molecule has 2 nitrogen and oxygen atoms in total. The van der Waals surface area contributed by atoms with Gasteiger partial charge in [0.2, 0.25) is 0 Å². The van der Waals surface area contributed by atoms with Crippen LogP contribution >= 0.6 is 0 Å². The van der Waals surface area contributed by atoms with Crippen LogP contribution < -0.4 is 0 Å². The first-order valence-corrected chi connectivity index (χ1v) is 8.81. The van der Waals surface area contributed by atoms with Crippen LogP contribution in [-0.4, -0.2) is 13.2 Å². The Labute approximate surface area is 159 Å². The topological polar surface area (TPSA) is 18.5 Å². The molecular weight excluding hydrogens is 372 g/mol. The van der Waals surface area contributed by atoms with E-state index in [0.717, 1.165) is 29.7 Å². The molecule has 3 aromatic rings. The van der Waals surface area contributed by atoms with Gasteiger partial charge in [-0.1, -0.05) is 36.4 Å². The van der Waals surface area contributed by atoms with Gasteiger partial charge in [-0.2, -0.15) is 0 Å². The van der Waals surface area contributed by atoms with E-state index >= 15 is 0 Å². The van der Waals surface area contributed by atoms with E-state index in [9.17, 15) is 17.6 Å². The Morgan fingerprint density at radius 3 is 1.82 bits per heavy atom.